The zero-order valence-corrected chi connectivity index (χ0v) is 15.1. The number of nitrogens with zero attached hydrogens (tertiary/aromatic N) is 4. The van der Waals surface area contributed by atoms with Gasteiger partial charge in [-0.15, -0.1) is 0 Å². The molecule has 1 amide bonds. The largest absolute Gasteiger partial charge is 0.382 e. The third-order valence-electron chi connectivity index (χ3n) is 4.52. The van der Waals surface area contributed by atoms with E-state index in [2.05, 4.69) is 50.9 Å². The van der Waals surface area contributed by atoms with Crippen LogP contribution in [-0.2, 0) is 6.54 Å². The van der Waals surface area contributed by atoms with Gasteiger partial charge in [-0.3, -0.25) is 4.79 Å². The number of aromatic nitrogens is 3. The SMILES string of the molecule is CCN(CC)CCn1ccc2cc(NC(=O)c3nccnc3N)ccc21. The van der Waals surface area contributed by atoms with Crippen molar-refractivity contribution < 1.29 is 4.79 Å². The van der Waals surface area contributed by atoms with Crippen molar-refractivity contribution in [2.75, 3.05) is 30.7 Å². The number of fused-ring (bicyclic) bond motifs is 1. The van der Waals surface area contributed by atoms with E-state index in [1.54, 1.807) is 0 Å². The number of nitrogen functional groups attached to an aromatic ring is 1. The molecule has 2 heterocycles. The van der Waals surface area contributed by atoms with Crippen LogP contribution in [0.5, 0.6) is 0 Å². The lowest BCUT2D eigenvalue weighted by atomic mass is 10.2. The summed E-state index contributed by atoms with van der Waals surface area (Å²) in [5.74, 6) is -0.246. The highest BCUT2D eigenvalue weighted by molar-refractivity contribution is 6.06. The molecule has 0 bridgehead atoms. The van der Waals surface area contributed by atoms with Crippen LogP contribution in [0.3, 0.4) is 0 Å². The second kappa shape index (κ2) is 7.97. The number of hydrogen-bond donors (Lipinski definition) is 2. The van der Waals surface area contributed by atoms with Crippen LogP contribution >= 0.6 is 0 Å². The number of carbonyl (C=O) groups excluding carboxylic acids is 1. The first kappa shape index (κ1) is 17.9. The van der Waals surface area contributed by atoms with Crippen molar-refractivity contribution in [3.63, 3.8) is 0 Å². The summed E-state index contributed by atoms with van der Waals surface area (Å²) in [4.78, 5) is 22.6. The molecule has 0 aliphatic heterocycles. The van der Waals surface area contributed by atoms with Crippen molar-refractivity contribution in [3.05, 3.63) is 48.5 Å². The number of amides is 1. The summed E-state index contributed by atoms with van der Waals surface area (Å²) < 4.78 is 2.24. The molecule has 2 aromatic heterocycles. The highest BCUT2D eigenvalue weighted by Crippen LogP contribution is 2.21. The molecule has 3 N–H and O–H groups in total. The van der Waals surface area contributed by atoms with Crippen LogP contribution in [0.1, 0.15) is 24.3 Å². The Bertz CT molecular complexity index is 900. The first-order valence-corrected chi connectivity index (χ1v) is 8.81. The van der Waals surface area contributed by atoms with Gasteiger partial charge in [0.1, 0.15) is 0 Å². The van der Waals surface area contributed by atoms with Gasteiger partial charge in [-0.2, -0.15) is 0 Å². The van der Waals surface area contributed by atoms with Crippen molar-refractivity contribution in [1.29, 1.82) is 0 Å². The molecule has 0 spiro atoms. The van der Waals surface area contributed by atoms with E-state index in [9.17, 15) is 4.79 Å². The molecule has 0 aliphatic rings. The summed E-state index contributed by atoms with van der Waals surface area (Å²) in [5, 5.41) is 3.91. The quantitative estimate of drug-likeness (QED) is 0.682. The number of nitrogens with one attached hydrogen (secondary N) is 1. The van der Waals surface area contributed by atoms with Crippen LogP contribution in [-0.4, -0.2) is 45.0 Å². The normalized spacial score (nSPS) is 11.2. The third kappa shape index (κ3) is 3.83. The van der Waals surface area contributed by atoms with Gasteiger partial charge in [0.15, 0.2) is 11.5 Å². The smallest absolute Gasteiger partial charge is 0.278 e. The average Bonchev–Trinajstić information content (AvgIpc) is 3.05. The lowest BCUT2D eigenvalue weighted by Gasteiger charge is -2.18. The van der Waals surface area contributed by atoms with Gasteiger partial charge in [0.25, 0.3) is 5.91 Å². The summed E-state index contributed by atoms with van der Waals surface area (Å²) in [7, 11) is 0. The molecule has 3 rings (SSSR count). The lowest BCUT2D eigenvalue weighted by Crippen LogP contribution is -2.26. The van der Waals surface area contributed by atoms with Gasteiger partial charge in [0.2, 0.25) is 0 Å². The van der Waals surface area contributed by atoms with E-state index in [1.165, 1.54) is 12.4 Å². The molecule has 0 aliphatic carbocycles. The Morgan fingerprint density at radius 1 is 1.19 bits per heavy atom. The number of anilines is 2. The molecule has 26 heavy (non-hydrogen) atoms. The second-order valence-electron chi connectivity index (χ2n) is 6.05. The number of hydrogen-bond acceptors (Lipinski definition) is 5. The number of likely N-dealkylation sites (N-methyl/N-ethyl adjacent to an activating group) is 1. The molecule has 0 saturated heterocycles. The van der Waals surface area contributed by atoms with Gasteiger partial charge >= 0.3 is 0 Å². The highest BCUT2D eigenvalue weighted by atomic mass is 16.1. The molecule has 3 aromatic rings. The third-order valence-corrected chi connectivity index (χ3v) is 4.52. The first-order chi connectivity index (χ1) is 12.6. The summed E-state index contributed by atoms with van der Waals surface area (Å²) >= 11 is 0. The predicted octanol–water partition coefficient (Wildman–Crippen LogP) is 2.61. The van der Waals surface area contributed by atoms with Crippen LogP contribution in [0, 0.1) is 0 Å². The number of rotatable bonds is 7. The maximum atomic E-state index is 12.3. The molecular formula is C19H24N6O. The maximum Gasteiger partial charge on any atom is 0.278 e. The molecular weight excluding hydrogens is 328 g/mol. The zero-order valence-electron chi connectivity index (χ0n) is 15.1. The predicted molar refractivity (Wildman–Crippen MR) is 104 cm³/mol. The van der Waals surface area contributed by atoms with Crippen molar-refractivity contribution >= 4 is 28.3 Å². The standard InChI is InChI=1S/C19H24N6O/c1-3-24(4-2)11-12-25-10-7-14-13-15(5-6-16(14)25)23-19(26)17-18(20)22-9-8-21-17/h5-10,13H,3-4,11-12H2,1-2H3,(H2,20,22)(H,23,26). The maximum absolute atomic E-state index is 12.3. The highest BCUT2D eigenvalue weighted by Gasteiger charge is 2.13. The van der Waals surface area contributed by atoms with Crippen LogP contribution in [0.4, 0.5) is 11.5 Å². The van der Waals surface area contributed by atoms with E-state index in [-0.39, 0.29) is 17.4 Å². The molecule has 7 heteroatoms. The van der Waals surface area contributed by atoms with E-state index in [0.29, 0.717) is 5.69 Å². The zero-order chi connectivity index (χ0) is 18.5. The van der Waals surface area contributed by atoms with Crippen LogP contribution in [0.15, 0.2) is 42.9 Å². The number of carbonyl (C=O) groups is 1. The summed E-state index contributed by atoms with van der Waals surface area (Å²) in [5.41, 5.74) is 7.69. The van der Waals surface area contributed by atoms with E-state index < -0.39 is 0 Å². The van der Waals surface area contributed by atoms with Crippen molar-refractivity contribution in [3.8, 4) is 0 Å². The summed E-state index contributed by atoms with van der Waals surface area (Å²) in [6.45, 7) is 8.41. The Morgan fingerprint density at radius 2 is 1.96 bits per heavy atom. The summed E-state index contributed by atoms with van der Waals surface area (Å²) in [6.07, 6.45) is 4.99. The minimum absolute atomic E-state index is 0.119. The fraction of sp³-hybridized carbons (Fsp3) is 0.316. The Morgan fingerprint density at radius 3 is 2.69 bits per heavy atom. The van der Waals surface area contributed by atoms with Crippen molar-refractivity contribution in [1.82, 2.24) is 19.4 Å². The summed E-state index contributed by atoms with van der Waals surface area (Å²) in [6, 6.07) is 7.92. The fourth-order valence-corrected chi connectivity index (χ4v) is 2.98. The Kier molecular flexibility index (Phi) is 5.48. The van der Waals surface area contributed by atoms with Crippen LogP contribution < -0.4 is 11.1 Å². The molecule has 0 fully saturated rings. The second-order valence-corrected chi connectivity index (χ2v) is 6.05. The Labute approximate surface area is 152 Å². The van der Waals surface area contributed by atoms with Gasteiger partial charge in [-0.1, -0.05) is 13.8 Å². The van der Waals surface area contributed by atoms with Gasteiger partial charge in [0, 0.05) is 48.3 Å². The number of nitrogens with two attached hydrogens (primary N) is 1. The molecule has 0 unspecified atom stereocenters. The molecule has 1 aromatic carbocycles. The van der Waals surface area contributed by atoms with E-state index in [1.807, 2.05) is 18.2 Å². The number of benzene rings is 1. The molecule has 0 atom stereocenters. The monoisotopic (exact) mass is 352 g/mol. The van der Waals surface area contributed by atoms with Gasteiger partial charge in [-0.05, 0) is 37.4 Å². The van der Waals surface area contributed by atoms with Crippen LogP contribution in [0.2, 0.25) is 0 Å². The van der Waals surface area contributed by atoms with Crippen molar-refractivity contribution in [2.45, 2.75) is 20.4 Å². The first-order valence-electron chi connectivity index (χ1n) is 8.81. The van der Waals surface area contributed by atoms with Crippen molar-refractivity contribution in [2.24, 2.45) is 0 Å². The molecule has 7 nitrogen and oxygen atoms in total. The van der Waals surface area contributed by atoms with E-state index >= 15 is 0 Å². The van der Waals surface area contributed by atoms with Gasteiger partial charge in [-0.25, -0.2) is 9.97 Å². The van der Waals surface area contributed by atoms with Gasteiger partial charge in [0.05, 0.1) is 0 Å². The fourth-order valence-electron chi connectivity index (χ4n) is 2.98. The minimum atomic E-state index is -0.365. The average molecular weight is 352 g/mol. The molecule has 136 valence electrons. The Hall–Kier alpha value is -2.93. The topological polar surface area (TPSA) is 89.1 Å². The van der Waals surface area contributed by atoms with E-state index in [4.69, 9.17) is 5.73 Å². The van der Waals surface area contributed by atoms with Gasteiger partial charge < -0.3 is 20.5 Å². The lowest BCUT2D eigenvalue weighted by molar-refractivity contribution is 0.102. The van der Waals surface area contributed by atoms with E-state index in [0.717, 1.165) is 37.1 Å². The Balaban J connectivity index is 1.74. The van der Waals surface area contributed by atoms with Crippen LogP contribution in [0.25, 0.3) is 10.9 Å². The molecule has 0 saturated carbocycles. The minimum Gasteiger partial charge on any atom is -0.382 e. The molecule has 0 radical (unpaired) electrons.